The molecule has 0 atom stereocenters. The van der Waals surface area contributed by atoms with Crippen LogP contribution in [0.4, 0.5) is 0 Å². The van der Waals surface area contributed by atoms with E-state index in [1.165, 1.54) is 44.9 Å². The molecule has 1 saturated carbocycles. The largest absolute Gasteiger partial charge is 0.508 e. The van der Waals surface area contributed by atoms with E-state index in [-0.39, 0.29) is 0 Å². The molecule has 0 radical (unpaired) electrons. The van der Waals surface area contributed by atoms with Crippen LogP contribution in [0.1, 0.15) is 56.7 Å². The third kappa shape index (κ3) is 2.35. The van der Waals surface area contributed by atoms with E-state index >= 15 is 0 Å². The SMILES string of the molecule is Oc1ccc2nc(C3CCCCCCC3)[nH]c2c1. The Bertz CT molecular complexity index is 524. The standard InChI is InChI=1S/C15H20N2O/c18-12-8-9-13-14(10-12)17-15(16-13)11-6-4-2-1-3-5-7-11/h8-11,18H,1-7H2,(H,16,17). The summed E-state index contributed by atoms with van der Waals surface area (Å²) in [5.41, 5.74) is 1.91. The Morgan fingerprint density at radius 1 is 1.06 bits per heavy atom. The van der Waals surface area contributed by atoms with E-state index in [1.54, 1.807) is 12.1 Å². The van der Waals surface area contributed by atoms with Crippen LogP contribution in [0, 0.1) is 0 Å². The van der Waals surface area contributed by atoms with Crippen molar-refractivity contribution >= 4 is 11.0 Å². The zero-order valence-electron chi connectivity index (χ0n) is 10.7. The number of H-pyrrole nitrogens is 1. The van der Waals surface area contributed by atoms with E-state index in [4.69, 9.17) is 0 Å². The number of phenols is 1. The van der Waals surface area contributed by atoms with E-state index in [9.17, 15) is 5.11 Å². The number of aromatic nitrogens is 2. The smallest absolute Gasteiger partial charge is 0.117 e. The van der Waals surface area contributed by atoms with Crippen molar-refractivity contribution in [3.8, 4) is 5.75 Å². The highest BCUT2D eigenvalue weighted by Gasteiger charge is 2.17. The fraction of sp³-hybridized carbons (Fsp3) is 0.533. The predicted octanol–water partition coefficient (Wildman–Crippen LogP) is 4.10. The van der Waals surface area contributed by atoms with Crippen molar-refractivity contribution in [2.45, 2.75) is 50.9 Å². The first kappa shape index (κ1) is 11.6. The molecule has 0 bridgehead atoms. The maximum atomic E-state index is 9.48. The van der Waals surface area contributed by atoms with Crippen LogP contribution < -0.4 is 0 Å². The molecule has 2 aromatic rings. The highest BCUT2D eigenvalue weighted by atomic mass is 16.3. The molecule has 0 unspecified atom stereocenters. The van der Waals surface area contributed by atoms with E-state index in [0.717, 1.165) is 16.9 Å². The summed E-state index contributed by atoms with van der Waals surface area (Å²) in [5.74, 6) is 1.98. The van der Waals surface area contributed by atoms with E-state index in [1.807, 2.05) is 6.07 Å². The molecule has 1 aromatic carbocycles. The van der Waals surface area contributed by atoms with Gasteiger partial charge in [-0.25, -0.2) is 4.98 Å². The van der Waals surface area contributed by atoms with Gasteiger partial charge >= 0.3 is 0 Å². The van der Waals surface area contributed by atoms with Crippen molar-refractivity contribution in [2.75, 3.05) is 0 Å². The summed E-state index contributed by atoms with van der Waals surface area (Å²) in [6, 6.07) is 5.34. The van der Waals surface area contributed by atoms with Crippen molar-refractivity contribution in [2.24, 2.45) is 0 Å². The number of aromatic hydroxyl groups is 1. The van der Waals surface area contributed by atoms with Gasteiger partial charge in [0.15, 0.2) is 0 Å². The van der Waals surface area contributed by atoms with Crippen molar-refractivity contribution < 1.29 is 5.11 Å². The number of hydrogen-bond donors (Lipinski definition) is 2. The average Bonchev–Trinajstić information content (AvgIpc) is 2.71. The van der Waals surface area contributed by atoms with Gasteiger partial charge in [0.2, 0.25) is 0 Å². The van der Waals surface area contributed by atoms with Gasteiger partial charge in [0.05, 0.1) is 11.0 Å². The summed E-state index contributed by atoms with van der Waals surface area (Å²) < 4.78 is 0. The summed E-state index contributed by atoms with van der Waals surface area (Å²) in [6.07, 6.45) is 9.22. The number of nitrogens with zero attached hydrogens (tertiary/aromatic N) is 1. The number of aromatic amines is 1. The summed E-state index contributed by atoms with van der Waals surface area (Å²) in [7, 11) is 0. The Morgan fingerprint density at radius 3 is 2.56 bits per heavy atom. The average molecular weight is 244 g/mol. The van der Waals surface area contributed by atoms with E-state index < -0.39 is 0 Å². The maximum absolute atomic E-state index is 9.48. The zero-order valence-corrected chi connectivity index (χ0v) is 10.7. The summed E-state index contributed by atoms with van der Waals surface area (Å²) >= 11 is 0. The molecule has 1 heterocycles. The molecule has 2 N–H and O–H groups in total. The fourth-order valence-electron chi connectivity index (χ4n) is 2.94. The van der Waals surface area contributed by atoms with Crippen LogP contribution in [0.2, 0.25) is 0 Å². The molecule has 96 valence electrons. The molecule has 0 saturated heterocycles. The number of hydrogen-bond acceptors (Lipinski definition) is 2. The van der Waals surface area contributed by atoms with Gasteiger partial charge in [-0.2, -0.15) is 0 Å². The van der Waals surface area contributed by atoms with Crippen LogP contribution in [-0.4, -0.2) is 15.1 Å². The van der Waals surface area contributed by atoms with Crippen molar-refractivity contribution in [1.82, 2.24) is 9.97 Å². The zero-order chi connectivity index (χ0) is 12.4. The highest BCUT2D eigenvalue weighted by Crippen LogP contribution is 2.30. The lowest BCUT2D eigenvalue weighted by Crippen LogP contribution is -2.04. The van der Waals surface area contributed by atoms with Gasteiger partial charge in [-0.15, -0.1) is 0 Å². The molecule has 0 amide bonds. The molecule has 1 aliphatic rings. The lowest BCUT2D eigenvalue weighted by Gasteiger charge is -2.17. The lowest BCUT2D eigenvalue weighted by atomic mass is 9.91. The number of phenolic OH excluding ortho intramolecular Hbond substituents is 1. The first-order valence-electron chi connectivity index (χ1n) is 7.01. The van der Waals surface area contributed by atoms with Gasteiger partial charge in [-0.1, -0.05) is 32.1 Å². The van der Waals surface area contributed by atoms with Crippen molar-refractivity contribution in [1.29, 1.82) is 0 Å². The second kappa shape index (κ2) is 5.01. The third-order valence-corrected chi connectivity index (χ3v) is 3.98. The molecule has 1 fully saturated rings. The first-order valence-corrected chi connectivity index (χ1v) is 7.01. The minimum absolute atomic E-state index is 0.301. The van der Waals surface area contributed by atoms with Gasteiger partial charge in [0.1, 0.15) is 11.6 Å². The molecule has 1 aromatic heterocycles. The van der Waals surface area contributed by atoms with Crippen LogP contribution in [0.5, 0.6) is 5.75 Å². The van der Waals surface area contributed by atoms with Crippen LogP contribution in [-0.2, 0) is 0 Å². The molecule has 3 nitrogen and oxygen atoms in total. The van der Waals surface area contributed by atoms with Crippen LogP contribution >= 0.6 is 0 Å². The normalized spacial score (nSPS) is 18.7. The number of nitrogens with one attached hydrogen (secondary N) is 1. The Balaban J connectivity index is 1.87. The van der Waals surface area contributed by atoms with Gasteiger partial charge in [0.25, 0.3) is 0 Å². The molecule has 1 aliphatic carbocycles. The Hall–Kier alpha value is -1.51. The van der Waals surface area contributed by atoms with Gasteiger partial charge < -0.3 is 10.1 Å². The third-order valence-electron chi connectivity index (χ3n) is 3.98. The second-order valence-corrected chi connectivity index (χ2v) is 5.37. The van der Waals surface area contributed by atoms with E-state index in [0.29, 0.717) is 11.7 Å². The Morgan fingerprint density at radius 2 is 1.78 bits per heavy atom. The summed E-state index contributed by atoms with van der Waals surface area (Å²) in [6.45, 7) is 0. The molecule has 3 heteroatoms. The topological polar surface area (TPSA) is 48.9 Å². The first-order chi connectivity index (χ1) is 8.83. The second-order valence-electron chi connectivity index (χ2n) is 5.37. The number of fused-ring (bicyclic) bond motifs is 1. The van der Waals surface area contributed by atoms with Gasteiger partial charge in [0, 0.05) is 12.0 Å². The number of rotatable bonds is 1. The van der Waals surface area contributed by atoms with Gasteiger partial charge in [-0.3, -0.25) is 0 Å². The van der Waals surface area contributed by atoms with Crippen molar-refractivity contribution in [3.05, 3.63) is 24.0 Å². The molecular formula is C15H20N2O. The summed E-state index contributed by atoms with van der Waals surface area (Å²) in [4.78, 5) is 8.07. The van der Waals surface area contributed by atoms with Crippen molar-refractivity contribution in [3.63, 3.8) is 0 Å². The minimum Gasteiger partial charge on any atom is -0.508 e. The predicted molar refractivity (Wildman–Crippen MR) is 72.8 cm³/mol. The lowest BCUT2D eigenvalue weighted by molar-refractivity contribution is 0.445. The number of imidazole rings is 1. The molecule has 0 spiro atoms. The minimum atomic E-state index is 0.301. The van der Waals surface area contributed by atoms with E-state index in [2.05, 4.69) is 9.97 Å². The van der Waals surface area contributed by atoms with Crippen LogP contribution in [0.3, 0.4) is 0 Å². The van der Waals surface area contributed by atoms with Crippen LogP contribution in [0.15, 0.2) is 18.2 Å². The van der Waals surface area contributed by atoms with Crippen LogP contribution in [0.25, 0.3) is 11.0 Å². The van der Waals surface area contributed by atoms with Gasteiger partial charge in [-0.05, 0) is 25.0 Å². The fourth-order valence-corrected chi connectivity index (χ4v) is 2.94. The maximum Gasteiger partial charge on any atom is 0.117 e. The Kier molecular flexibility index (Phi) is 3.22. The quantitative estimate of drug-likeness (QED) is 0.793. The Labute approximate surface area is 107 Å². The molecular weight excluding hydrogens is 224 g/mol. The molecule has 0 aliphatic heterocycles. The summed E-state index contributed by atoms with van der Waals surface area (Å²) in [5, 5.41) is 9.48. The number of benzene rings is 1. The molecule has 3 rings (SSSR count). The monoisotopic (exact) mass is 244 g/mol. The highest BCUT2D eigenvalue weighted by molar-refractivity contribution is 5.76. The molecule has 18 heavy (non-hydrogen) atoms.